The third kappa shape index (κ3) is 2.87. The van der Waals surface area contributed by atoms with Crippen molar-refractivity contribution >= 4 is 27.9 Å². The number of carbonyl (C=O) groups is 1. The normalized spacial score (nSPS) is 11.8. The summed E-state index contributed by atoms with van der Waals surface area (Å²) in [4.78, 5) is 16.4. The van der Waals surface area contributed by atoms with E-state index in [-0.39, 0.29) is 27.1 Å². The van der Waals surface area contributed by atoms with Crippen molar-refractivity contribution in [1.29, 1.82) is 0 Å². The molecule has 0 aliphatic heterocycles. The van der Waals surface area contributed by atoms with Gasteiger partial charge in [0.1, 0.15) is 11.4 Å². The molecule has 2 heterocycles. The fourth-order valence-electron chi connectivity index (χ4n) is 1.98. The summed E-state index contributed by atoms with van der Waals surface area (Å²) in [5.41, 5.74) is 0.991. The molecule has 0 aliphatic rings. The number of imidazole rings is 1. The molecular weight excluding hydrogens is 326 g/mol. The van der Waals surface area contributed by atoms with Crippen LogP contribution in [0.3, 0.4) is 0 Å². The van der Waals surface area contributed by atoms with E-state index in [0.29, 0.717) is 16.9 Å². The van der Waals surface area contributed by atoms with Crippen LogP contribution in [0.15, 0.2) is 24.4 Å². The maximum absolute atomic E-state index is 13.2. The standard InChI is InChI=1S/C14H12F2N4O2S/c1-7-4-3-5-9(21)10(7)18-11(22)8-6-20-13(17-8)23-12(19-20)14(2,15)16/h3-6,21H,1-2H3,(H,18,22). The van der Waals surface area contributed by atoms with E-state index in [0.717, 1.165) is 11.4 Å². The van der Waals surface area contributed by atoms with Gasteiger partial charge in [0.25, 0.3) is 11.8 Å². The number of benzene rings is 1. The van der Waals surface area contributed by atoms with E-state index in [9.17, 15) is 18.7 Å². The fourth-order valence-corrected chi connectivity index (χ4v) is 2.79. The summed E-state index contributed by atoms with van der Waals surface area (Å²) in [6.07, 6.45) is 1.27. The lowest BCUT2D eigenvalue weighted by atomic mass is 10.2. The summed E-state index contributed by atoms with van der Waals surface area (Å²) < 4.78 is 27.6. The van der Waals surface area contributed by atoms with Gasteiger partial charge in [-0.2, -0.15) is 13.9 Å². The van der Waals surface area contributed by atoms with Crippen LogP contribution < -0.4 is 5.32 Å². The van der Waals surface area contributed by atoms with Crippen LogP contribution in [0.2, 0.25) is 0 Å². The number of hydrogen-bond donors (Lipinski definition) is 2. The molecule has 0 aliphatic carbocycles. The second kappa shape index (κ2) is 5.27. The number of fused-ring (bicyclic) bond motifs is 1. The quantitative estimate of drug-likeness (QED) is 0.719. The van der Waals surface area contributed by atoms with E-state index >= 15 is 0 Å². The molecule has 0 saturated carbocycles. The smallest absolute Gasteiger partial charge is 0.298 e. The molecule has 3 aromatic rings. The average Bonchev–Trinajstić information content (AvgIpc) is 3.00. The van der Waals surface area contributed by atoms with Gasteiger partial charge >= 0.3 is 0 Å². The van der Waals surface area contributed by atoms with Gasteiger partial charge in [-0.3, -0.25) is 4.79 Å². The molecule has 1 amide bonds. The maximum atomic E-state index is 13.2. The summed E-state index contributed by atoms with van der Waals surface area (Å²) in [6.45, 7) is 2.48. The van der Waals surface area contributed by atoms with E-state index in [1.807, 2.05) is 0 Å². The molecule has 6 nitrogen and oxygen atoms in total. The van der Waals surface area contributed by atoms with Crippen molar-refractivity contribution in [1.82, 2.24) is 14.6 Å². The number of aromatic nitrogens is 3. The van der Waals surface area contributed by atoms with Crippen molar-refractivity contribution in [3.63, 3.8) is 0 Å². The van der Waals surface area contributed by atoms with Crippen molar-refractivity contribution in [3.8, 4) is 5.75 Å². The van der Waals surface area contributed by atoms with Gasteiger partial charge in [-0.25, -0.2) is 9.50 Å². The molecule has 9 heteroatoms. The van der Waals surface area contributed by atoms with Gasteiger partial charge in [0, 0.05) is 6.92 Å². The minimum Gasteiger partial charge on any atom is -0.506 e. The minimum atomic E-state index is -3.05. The van der Waals surface area contributed by atoms with E-state index in [1.165, 1.54) is 12.3 Å². The third-order valence-electron chi connectivity index (χ3n) is 3.14. The second-order valence-corrected chi connectivity index (χ2v) is 6.03. The molecular formula is C14H12F2N4O2S. The Labute approximate surface area is 133 Å². The predicted molar refractivity (Wildman–Crippen MR) is 81.2 cm³/mol. The molecule has 3 rings (SSSR count). The largest absolute Gasteiger partial charge is 0.506 e. The van der Waals surface area contributed by atoms with Crippen molar-refractivity contribution in [2.75, 3.05) is 5.32 Å². The van der Waals surface area contributed by atoms with Gasteiger partial charge in [-0.05, 0) is 18.6 Å². The van der Waals surface area contributed by atoms with E-state index in [4.69, 9.17) is 0 Å². The molecule has 0 spiro atoms. The molecule has 0 atom stereocenters. The van der Waals surface area contributed by atoms with Crippen LogP contribution in [-0.2, 0) is 5.92 Å². The van der Waals surface area contributed by atoms with E-state index in [1.54, 1.807) is 19.1 Å². The number of halogens is 2. The van der Waals surface area contributed by atoms with Crippen molar-refractivity contribution < 1.29 is 18.7 Å². The van der Waals surface area contributed by atoms with Crippen LogP contribution in [0.25, 0.3) is 4.96 Å². The van der Waals surface area contributed by atoms with Gasteiger partial charge in [0.15, 0.2) is 5.01 Å². The molecule has 23 heavy (non-hydrogen) atoms. The molecule has 1 aromatic carbocycles. The Morgan fingerprint density at radius 2 is 2.17 bits per heavy atom. The number of nitrogens with zero attached hydrogens (tertiary/aromatic N) is 3. The lowest BCUT2D eigenvalue weighted by molar-refractivity contribution is 0.0163. The lowest BCUT2D eigenvalue weighted by Crippen LogP contribution is -2.13. The first-order chi connectivity index (χ1) is 10.8. The molecule has 0 unspecified atom stereocenters. The van der Waals surface area contributed by atoms with Gasteiger partial charge in [-0.1, -0.05) is 23.5 Å². The van der Waals surface area contributed by atoms with Gasteiger partial charge in [-0.15, -0.1) is 0 Å². The highest BCUT2D eigenvalue weighted by molar-refractivity contribution is 7.16. The maximum Gasteiger partial charge on any atom is 0.298 e. The Morgan fingerprint density at radius 1 is 1.43 bits per heavy atom. The molecule has 2 N–H and O–H groups in total. The third-order valence-corrected chi connectivity index (χ3v) is 4.24. The lowest BCUT2D eigenvalue weighted by Gasteiger charge is -2.08. The Bertz CT molecular complexity index is 846. The molecule has 120 valence electrons. The number of carbonyl (C=O) groups excluding carboxylic acids is 1. The SMILES string of the molecule is Cc1cccc(O)c1NC(=O)c1cn2nc(C(C)(F)F)sc2n1. The summed E-state index contributed by atoms with van der Waals surface area (Å²) in [6, 6.07) is 4.84. The number of anilines is 1. The highest BCUT2D eigenvalue weighted by Crippen LogP contribution is 2.31. The average molecular weight is 338 g/mol. The van der Waals surface area contributed by atoms with Crippen LogP contribution >= 0.6 is 11.3 Å². The number of hydrogen-bond acceptors (Lipinski definition) is 5. The summed E-state index contributed by atoms with van der Waals surface area (Å²) in [5.74, 6) is -3.68. The van der Waals surface area contributed by atoms with Gasteiger partial charge in [0.2, 0.25) is 4.96 Å². The number of alkyl halides is 2. The number of rotatable bonds is 3. The summed E-state index contributed by atoms with van der Waals surface area (Å²) >= 11 is 0.716. The van der Waals surface area contributed by atoms with Crippen molar-refractivity contribution in [2.45, 2.75) is 19.8 Å². The molecule has 0 radical (unpaired) electrons. The van der Waals surface area contributed by atoms with Crippen LogP contribution in [0.5, 0.6) is 5.75 Å². The Morgan fingerprint density at radius 3 is 2.78 bits per heavy atom. The zero-order valence-electron chi connectivity index (χ0n) is 12.2. The second-order valence-electron chi connectivity index (χ2n) is 5.07. The Hall–Kier alpha value is -2.55. The van der Waals surface area contributed by atoms with Crippen LogP contribution in [0.4, 0.5) is 14.5 Å². The number of aromatic hydroxyl groups is 1. The highest BCUT2D eigenvalue weighted by atomic mass is 32.1. The Balaban J connectivity index is 1.88. The predicted octanol–water partition coefficient (Wildman–Crippen LogP) is 3.17. The molecule has 0 fully saturated rings. The molecule has 2 aromatic heterocycles. The summed E-state index contributed by atoms with van der Waals surface area (Å²) in [5, 5.41) is 15.7. The zero-order chi connectivity index (χ0) is 16.8. The van der Waals surface area contributed by atoms with E-state index in [2.05, 4.69) is 15.4 Å². The number of amides is 1. The number of phenols is 1. The number of para-hydroxylation sites is 1. The molecule has 0 bridgehead atoms. The first-order valence-corrected chi connectivity index (χ1v) is 7.42. The molecule has 0 saturated heterocycles. The zero-order valence-corrected chi connectivity index (χ0v) is 13.0. The van der Waals surface area contributed by atoms with Crippen molar-refractivity contribution in [2.24, 2.45) is 0 Å². The van der Waals surface area contributed by atoms with Crippen molar-refractivity contribution in [3.05, 3.63) is 40.7 Å². The summed E-state index contributed by atoms with van der Waals surface area (Å²) in [7, 11) is 0. The fraction of sp³-hybridized carbons (Fsp3) is 0.214. The minimum absolute atomic E-state index is 0.0253. The van der Waals surface area contributed by atoms with Gasteiger partial charge < -0.3 is 10.4 Å². The van der Waals surface area contributed by atoms with Crippen LogP contribution in [-0.4, -0.2) is 25.6 Å². The van der Waals surface area contributed by atoms with E-state index < -0.39 is 11.8 Å². The first kappa shape index (κ1) is 15.3. The number of phenolic OH excluding ortho intramolecular Hbond substituents is 1. The number of nitrogens with one attached hydrogen (secondary N) is 1. The van der Waals surface area contributed by atoms with Gasteiger partial charge in [0.05, 0.1) is 11.9 Å². The van der Waals surface area contributed by atoms with Crippen LogP contribution in [0.1, 0.15) is 28.0 Å². The Kier molecular flexibility index (Phi) is 3.52. The monoisotopic (exact) mass is 338 g/mol. The highest BCUT2D eigenvalue weighted by Gasteiger charge is 2.30. The van der Waals surface area contributed by atoms with Crippen LogP contribution in [0, 0.1) is 6.92 Å². The first-order valence-electron chi connectivity index (χ1n) is 6.60. The topological polar surface area (TPSA) is 79.5 Å². The number of aryl methyl sites for hydroxylation is 1.